The molecule has 2 heterocycles. The van der Waals surface area contributed by atoms with Gasteiger partial charge in [-0.15, -0.1) is 0 Å². The zero-order chi connectivity index (χ0) is 16.1. The van der Waals surface area contributed by atoms with Crippen molar-refractivity contribution in [1.82, 2.24) is 14.7 Å². The Balaban J connectivity index is 1.59. The van der Waals surface area contributed by atoms with Crippen molar-refractivity contribution in [3.05, 3.63) is 47.8 Å². The molecule has 1 N–H and O–H groups in total. The Morgan fingerprint density at radius 2 is 2.17 bits per heavy atom. The van der Waals surface area contributed by atoms with Crippen LogP contribution in [0.4, 0.5) is 5.69 Å². The van der Waals surface area contributed by atoms with E-state index in [1.165, 1.54) is 0 Å². The first-order valence-electron chi connectivity index (χ1n) is 7.93. The largest absolute Gasteiger partial charge is 0.383 e. The van der Waals surface area contributed by atoms with Crippen molar-refractivity contribution in [1.29, 1.82) is 0 Å². The molecule has 1 aromatic heterocycles. The lowest BCUT2D eigenvalue weighted by Crippen LogP contribution is -2.37. The highest BCUT2D eigenvalue weighted by molar-refractivity contribution is 7.99. The molecule has 1 aliphatic heterocycles. The van der Waals surface area contributed by atoms with Gasteiger partial charge >= 0.3 is 0 Å². The number of carbonyl (C=O) groups excluding carboxylic acids is 1. The van der Waals surface area contributed by atoms with Gasteiger partial charge in [-0.2, -0.15) is 16.9 Å². The summed E-state index contributed by atoms with van der Waals surface area (Å²) in [5, 5.41) is 7.59. The summed E-state index contributed by atoms with van der Waals surface area (Å²) in [5.74, 6) is 2.23. The van der Waals surface area contributed by atoms with Crippen LogP contribution in [0.2, 0.25) is 0 Å². The number of nitrogens with one attached hydrogen (secondary N) is 1. The van der Waals surface area contributed by atoms with Crippen molar-refractivity contribution in [3.8, 4) is 0 Å². The molecule has 1 saturated heterocycles. The van der Waals surface area contributed by atoms with Gasteiger partial charge in [0.1, 0.15) is 0 Å². The summed E-state index contributed by atoms with van der Waals surface area (Å²) in [6.45, 7) is 5.37. The van der Waals surface area contributed by atoms with E-state index in [0.29, 0.717) is 0 Å². The van der Waals surface area contributed by atoms with Crippen LogP contribution < -0.4 is 5.32 Å². The summed E-state index contributed by atoms with van der Waals surface area (Å²) < 4.78 is 1.90. The quantitative estimate of drug-likeness (QED) is 0.915. The molecule has 0 saturated carbocycles. The normalized spacial score (nSPS) is 14.7. The monoisotopic (exact) mass is 330 g/mol. The van der Waals surface area contributed by atoms with E-state index >= 15 is 0 Å². The van der Waals surface area contributed by atoms with Crippen molar-refractivity contribution in [3.63, 3.8) is 0 Å². The number of nitrogens with zero attached hydrogens (tertiary/aromatic N) is 3. The molecule has 1 aliphatic rings. The predicted molar refractivity (Wildman–Crippen MR) is 95.1 cm³/mol. The lowest BCUT2D eigenvalue weighted by Gasteiger charge is -2.26. The van der Waals surface area contributed by atoms with Gasteiger partial charge in [-0.1, -0.05) is 0 Å². The van der Waals surface area contributed by atoms with Gasteiger partial charge in [-0.3, -0.25) is 9.48 Å². The number of amides is 1. The molecule has 0 atom stereocenters. The second-order valence-electron chi connectivity index (χ2n) is 5.63. The molecule has 6 heteroatoms. The fourth-order valence-electron chi connectivity index (χ4n) is 2.68. The van der Waals surface area contributed by atoms with E-state index in [-0.39, 0.29) is 5.91 Å². The summed E-state index contributed by atoms with van der Waals surface area (Å²) in [5.41, 5.74) is 2.96. The van der Waals surface area contributed by atoms with E-state index in [1.807, 2.05) is 58.7 Å². The van der Waals surface area contributed by atoms with E-state index in [0.717, 1.165) is 54.5 Å². The summed E-state index contributed by atoms with van der Waals surface area (Å²) in [6, 6.07) is 7.84. The summed E-state index contributed by atoms with van der Waals surface area (Å²) >= 11 is 1.91. The Labute approximate surface area is 141 Å². The van der Waals surface area contributed by atoms with Gasteiger partial charge in [0.05, 0.1) is 6.54 Å². The van der Waals surface area contributed by atoms with E-state index in [9.17, 15) is 4.79 Å². The Morgan fingerprint density at radius 3 is 2.87 bits per heavy atom. The van der Waals surface area contributed by atoms with Gasteiger partial charge in [0.2, 0.25) is 0 Å². The van der Waals surface area contributed by atoms with Crippen molar-refractivity contribution in [2.24, 2.45) is 0 Å². The number of thioether (sulfide) groups is 1. The Morgan fingerprint density at radius 1 is 1.35 bits per heavy atom. The third kappa shape index (κ3) is 4.07. The first-order valence-corrected chi connectivity index (χ1v) is 9.08. The zero-order valence-corrected chi connectivity index (χ0v) is 14.2. The van der Waals surface area contributed by atoms with E-state index in [2.05, 4.69) is 10.4 Å². The SMILES string of the molecule is Cc1cc(C(=O)N2CCSCC2)ccc1NCCn1cccn1. The van der Waals surface area contributed by atoms with E-state index in [1.54, 1.807) is 6.20 Å². The number of anilines is 1. The molecule has 3 rings (SSSR count). The van der Waals surface area contributed by atoms with E-state index < -0.39 is 0 Å². The number of aryl methyl sites for hydroxylation is 1. The molecule has 2 aromatic rings. The molecule has 1 aromatic carbocycles. The first kappa shape index (κ1) is 15.9. The molecular formula is C17H22N4OS. The maximum atomic E-state index is 12.5. The summed E-state index contributed by atoms with van der Waals surface area (Å²) in [7, 11) is 0. The second-order valence-corrected chi connectivity index (χ2v) is 6.85. The van der Waals surface area contributed by atoms with Crippen LogP contribution in [0.3, 0.4) is 0 Å². The predicted octanol–water partition coefficient (Wildman–Crippen LogP) is 2.49. The minimum Gasteiger partial charge on any atom is -0.383 e. The van der Waals surface area contributed by atoms with Crippen molar-refractivity contribution >= 4 is 23.4 Å². The Kier molecular flexibility index (Phi) is 5.23. The number of carbonyl (C=O) groups is 1. The number of benzene rings is 1. The molecule has 0 unspecified atom stereocenters. The fourth-order valence-corrected chi connectivity index (χ4v) is 3.58. The molecule has 1 amide bonds. The van der Waals surface area contributed by atoms with Crippen molar-refractivity contribution in [2.45, 2.75) is 13.5 Å². The number of aromatic nitrogens is 2. The Bertz CT molecular complexity index is 651. The highest BCUT2D eigenvalue weighted by Crippen LogP contribution is 2.19. The number of rotatable bonds is 5. The van der Waals surface area contributed by atoms with Crippen LogP contribution in [-0.2, 0) is 6.54 Å². The van der Waals surface area contributed by atoms with Gasteiger partial charge in [0, 0.05) is 54.8 Å². The Hall–Kier alpha value is -1.95. The molecule has 0 radical (unpaired) electrons. The van der Waals surface area contributed by atoms with Gasteiger partial charge in [-0.05, 0) is 36.8 Å². The summed E-state index contributed by atoms with van der Waals surface area (Å²) in [4.78, 5) is 14.5. The molecule has 122 valence electrons. The van der Waals surface area contributed by atoms with Gasteiger partial charge < -0.3 is 10.2 Å². The molecule has 0 aliphatic carbocycles. The first-order chi connectivity index (χ1) is 11.2. The highest BCUT2D eigenvalue weighted by atomic mass is 32.2. The standard InChI is InChI=1S/C17H22N4OS/c1-14-13-15(17(22)20-9-11-23-12-10-20)3-4-16(14)18-6-8-21-7-2-5-19-21/h2-5,7,13,18H,6,8-12H2,1H3. The maximum absolute atomic E-state index is 12.5. The lowest BCUT2D eigenvalue weighted by molar-refractivity contribution is 0.0772. The molecule has 1 fully saturated rings. The zero-order valence-electron chi connectivity index (χ0n) is 13.4. The van der Waals surface area contributed by atoms with Gasteiger partial charge in [-0.25, -0.2) is 0 Å². The van der Waals surface area contributed by atoms with Crippen LogP contribution in [0.5, 0.6) is 0 Å². The van der Waals surface area contributed by atoms with Crippen molar-refractivity contribution in [2.75, 3.05) is 36.5 Å². The van der Waals surface area contributed by atoms with Crippen LogP contribution in [-0.4, -0.2) is 51.7 Å². The van der Waals surface area contributed by atoms with Gasteiger partial charge in [0.15, 0.2) is 0 Å². The average molecular weight is 330 g/mol. The average Bonchev–Trinajstić information content (AvgIpc) is 3.10. The van der Waals surface area contributed by atoms with E-state index in [4.69, 9.17) is 0 Å². The summed E-state index contributed by atoms with van der Waals surface area (Å²) in [6.07, 6.45) is 3.73. The minimum atomic E-state index is 0.150. The molecule has 23 heavy (non-hydrogen) atoms. The topological polar surface area (TPSA) is 50.2 Å². The fraction of sp³-hybridized carbons (Fsp3) is 0.412. The maximum Gasteiger partial charge on any atom is 0.253 e. The van der Waals surface area contributed by atoms with Crippen LogP contribution in [0, 0.1) is 6.92 Å². The third-order valence-corrected chi connectivity index (χ3v) is 4.93. The second kappa shape index (κ2) is 7.55. The van der Waals surface area contributed by atoms with Gasteiger partial charge in [0.25, 0.3) is 5.91 Å². The van der Waals surface area contributed by atoms with Crippen LogP contribution in [0.1, 0.15) is 15.9 Å². The highest BCUT2D eigenvalue weighted by Gasteiger charge is 2.18. The van der Waals surface area contributed by atoms with Crippen LogP contribution in [0.15, 0.2) is 36.7 Å². The van der Waals surface area contributed by atoms with Crippen LogP contribution in [0.25, 0.3) is 0 Å². The minimum absolute atomic E-state index is 0.150. The lowest BCUT2D eigenvalue weighted by atomic mass is 10.1. The molecular weight excluding hydrogens is 308 g/mol. The number of hydrogen-bond acceptors (Lipinski definition) is 4. The smallest absolute Gasteiger partial charge is 0.253 e. The third-order valence-electron chi connectivity index (χ3n) is 3.99. The van der Waals surface area contributed by atoms with Crippen molar-refractivity contribution < 1.29 is 4.79 Å². The van der Waals surface area contributed by atoms with Crippen LogP contribution >= 0.6 is 11.8 Å². The molecule has 0 bridgehead atoms. The molecule has 0 spiro atoms. The molecule has 5 nitrogen and oxygen atoms in total. The number of hydrogen-bond donors (Lipinski definition) is 1.